The molecule has 0 spiro atoms. The number of aromatic nitrogens is 1. The summed E-state index contributed by atoms with van der Waals surface area (Å²) in [6, 6.07) is 4.31. The van der Waals surface area contributed by atoms with E-state index in [1.165, 1.54) is 5.56 Å². The molecule has 3 nitrogen and oxygen atoms in total. The van der Waals surface area contributed by atoms with Crippen LogP contribution in [0.2, 0.25) is 0 Å². The standard InChI is InChI=1S/C16H27N3/c1-7-9-19(8-2)15-11-14(10-13(3)18-15)12-17-16(4,5)6/h7,10-11,17H,1,8-9,12H2,2-6H3. The maximum Gasteiger partial charge on any atom is 0.129 e. The first-order valence-corrected chi connectivity index (χ1v) is 6.94. The van der Waals surface area contributed by atoms with Crippen molar-refractivity contribution in [3.05, 3.63) is 36.0 Å². The molecule has 1 N–H and O–H groups in total. The molecule has 0 bridgehead atoms. The number of anilines is 1. The molecule has 1 aromatic heterocycles. The van der Waals surface area contributed by atoms with Gasteiger partial charge in [-0.15, -0.1) is 6.58 Å². The van der Waals surface area contributed by atoms with Crippen molar-refractivity contribution in [2.75, 3.05) is 18.0 Å². The van der Waals surface area contributed by atoms with Crippen LogP contribution >= 0.6 is 0 Å². The van der Waals surface area contributed by atoms with Crippen LogP contribution in [0, 0.1) is 6.92 Å². The molecule has 1 rings (SSSR count). The van der Waals surface area contributed by atoms with Crippen molar-refractivity contribution < 1.29 is 0 Å². The van der Waals surface area contributed by atoms with Crippen molar-refractivity contribution in [1.82, 2.24) is 10.3 Å². The van der Waals surface area contributed by atoms with E-state index in [1.54, 1.807) is 0 Å². The molecule has 1 aromatic rings. The minimum absolute atomic E-state index is 0.128. The first-order chi connectivity index (χ1) is 8.85. The van der Waals surface area contributed by atoms with Gasteiger partial charge in [0.1, 0.15) is 5.82 Å². The van der Waals surface area contributed by atoms with E-state index >= 15 is 0 Å². The summed E-state index contributed by atoms with van der Waals surface area (Å²) in [5.41, 5.74) is 2.47. The Hall–Kier alpha value is -1.35. The molecule has 1 heterocycles. The lowest BCUT2D eigenvalue weighted by molar-refractivity contribution is 0.424. The zero-order valence-corrected chi connectivity index (χ0v) is 13.0. The Morgan fingerprint density at radius 2 is 2.05 bits per heavy atom. The van der Waals surface area contributed by atoms with Crippen LogP contribution in [0.1, 0.15) is 39.0 Å². The van der Waals surface area contributed by atoms with Gasteiger partial charge in [-0.1, -0.05) is 6.08 Å². The van der Waals surface area contributed by atoms with Crippen LogP contribution in [0.15, 0.2) is 24.8 Å². The molecule has 0 atom stereocenters. The normalized spacial score (nSPS) is 11.4. The second-order valence-electron chi connectivity index (χ2n) is 5.91. The van der Waals surface area contributed by atoms with Gasteiger partial charge in [0, 0.05) is 30.9 Å². The minimum Gasteiger partial charge on any atom is -0.353 e. The Kier molecular flexibility index (Phi) is 5.55. The van der Waals surface area contributed by atoms with Crippen molar-refractivity contribution >= 4 is 5.82 Å². The van der Waals surface area contributed by atoms with Gasteiger partial charge in [0.2, 0.25) is 0 Å². The molecule has 106 valence electrons. The van der Waals surface area contributed by atoms with Gasteiger partial charge in [0.25, 0.3) is 0 Å². The number of pyridine rings is 1. The van der Waals surface area contributed by atoms with Crippen molar-refractivity contribution in [2.45, 2.75) is 46.7 Å². The maximum atomic E-state index is 4.62. The van der Waals surface area contributed by atoms with E-state index in [0.717, 1.165) is 31.1 Å². The zero-order chi connectivity index (χ0) is 14.5. The summed E-state index contributed by atoms with van der Waals surface area (Å²) < 4.78 is 0. The molecule has 0 aliphatic carbocycles. The third-order valence-electron chi connectivity index (χ3n) is 2.88. The molecule has 0 fully saturated rings. The number of nitrogens with one attached hydrogen (secondary N) is 1. The van der Waals surface area contributed by atoms with E-state index < -0.39 is 0 Å². The summed E-state index contributed by atoms with van der Waals surface area (Å²) >= 11 is 0. The first-order valence-electron chi connectivity index (χ1n) is 6.94. The molecular weight excluding hydrogens is 234 g/mol. The molecule has 3 heteroatoms. The monoisotopic (exact) mass is 261 g/mol. The van der Waals surface area contributed by atoms with E-state index in [-0.39, 0.29) is 5.54 Å². The second-order valence-corrected chi connectivity index (χ2v) is 5.91. The van der Waals surface area contributed by atoms with E-state index in [9.17, 15) is 0 Å². The average Bonchev–Trinajstić information content (AvgIpc) is 2.32. The Bertz CT molecular complexity index is 418. The Morgan fingerprint density at radius 3 is 2.58 bits per heavy atom. The predicted molar refractivity (Wildman–Crippen MR) is 83.7 cm³/mol. The highest BCUT2D eigenvalue weighted by Crippen LogP contribution is 2.15. The van der Waals surface area contributed by atoms with Crippen molar-refractivity contribution in [1.29, 1.82) is 0 Å². The van der Waals surface area contributed by atoms with Crippen molar-refractivity contribution in [2.24, 2.45) is 0 Å². The number of nitrogens with zero attached hydrogens (tertiary/aromatic N) is 2. The van der Waals surface area contributed by atoms with Crippen LogP contribution in [-0.4, -0.2) is 23.6 Å². The Morgan fingerprint density at radius 1 is 1.37 bits per heavy atom. The van der Waals surface area contributed by atoms with Crippen LogP contribution in [0.5, 0.6) is 0 Å². The van der Waals surface area contributed by atoms with Crippen LogP contribution in [0.3, 0.4) is 0 Å². The molecule has 0 aliphatic rings. The van der Waals surface area contributed by atoms with Crippen molar-refractivity contribution in [3.63, 3.8) is 0 Å². The lowest BCUT2D eigenvalue weighted by Crippen LogP contribution is -2.35. The number of hydrogen-bond donors (Lipinski definition) is 1. The Balaban J connectivity index is 2.89. The topological polar surface area (TPSA) is 28.2 Å². The van der Waals surface area contributed by atoms with E-state index in [0.29, 0.717) is 0 Å². The van der Waals surface area contributed by atoms with Gasteiger partial charge >= 0.3 is 0 Å². The molecule has 0 saturated carbocycles. The van der Waals surface area contributed by atoms with Crippen LogP contribution in [-0.2, 0) is 6.54 Å². The summed E-state index contributed by atoms with van der Waals surface area (Å²) in [6.45, 7) is 17.2. The fraction of sp³-hybridized carbons (Fsp3) is 0.562. The third kappa shape index (κ3) is 5.43. The van der Waals surface area contributed by atoms with E-state index in [2.05, 4.69) is 61.6 Å². The van der Waals surface area contributed by atoms with Crippen LogP contribution < -0.4 is 10.2 Å². The molecule has 0 aromatic carbocycles. The molecule has 0 saturated heterocycles. The average molecular weight is 261 g/mol. The van der Waals surface area contributed by atoms with Gasteiger partial charge in [-0.2, -0.15) is 0 Å². The third-order valence-corrected chi connectivity index (χ3v) is 2.88. The quantitative estimate of drug-likeness (QED) is 0.796. The fourth-order valence-corrected chi connectivity index (χ4v) is 1.89. The number of aryl methyl sites for hydroxylation is 1. The minimum atomic E-state index is 0.128. The highest BCUT2D eigenvalue weighted by atomic mass is 15.2. The first kappa shape index (κ1) is 15.7. The second kappa shape index (κ2) is 6.71. The molecule has 0 aliphatic heterocycles. The van der Waals surface area contributed by atoms with Gasteiger partial charge in [0.15, 0.2) is 0 Å². The summed E-state index contributed by atoms with van der Waals surface area (Å²) in [4.78, 5) is 6.84. The van der Waals surface area contributed by atoms with E-state index in [1.807, 2.05) is 13.0 Å². The molecular formula is C16H27N3. The van der Waals surface area contributed by atoms with Gasteiger partial charge < -0.3 is 10.2 Å². The maximum absolute atomic E-state index is 4.62. The SMILES string of the molecule is C=CCN(CC)c1cc(CNC(C)(C)C)cc(C)n1. The number of hydrogen-bond acceptors (Lipinski definition) is 3. The fourth-order valence-electron chi connectivity index (χ4n) is 1.89. The summed E-state index contributed by atoms with van der Waals surface area (Å²) in [6.07, 6.45) is 1.92. The molecule has 19 heavy (non-hydrogen) atoms. The van der Waals surface area contributed by atoms with E-state index in [4.69, 9.17) is 0 Å². The molecule has 0 unspecified atom stereocenters. The highest BCUT2D eigenvalue weighted by Gasteiger charge is 2.10. The predicted octanol–water partition coefficient (Wildman–Crippen LogP) is 3.29. The highest BCUT2D eigenvalue weighted by molar-refractivity contribution is 5.43. The summed E-state index contributed by atoms with van der Waals surface area (Å²) in [7, 11) is 0. The van der Waals surface area contributed by atoms with Gasteiger partial charge in [-0.3, -0.25) is 0 Å². The van der Waals surface area contributed by atoms with Gasteiger partial charge in [-0.25, -0.2) is 4.98 Å². The van der Waals surface area contributed by atoms with Gasteiger partial charge in [-0.05, 0) is 52.3 Å². The summed E-state index contributed by atoms with van der Waals surface area (Å²) in [5.74, 6) is 1.04. The smallest absolute Gasteiger partial charge is 0.129 e. The lowest BCUT2D eigenvalue weighted by Gasteiger charge is -2.23. The number of rotatable bonds is 6. The Labute approximate surface area is 117 Å². The zero-order valence-electron chi connectivity index (χ0n) is 13.0. The number of likely N-dealkylation sites (N-methyl/N-ethyl adjacent to an activating group) is 1. The van der Waals surface area contributed by atoms with Crippen molar-refractivity contribution in [3.8, 4) is 0 Å². The van der Waals surface area contributed by atoms with Crippen LogP contribution in [0.25, 0.3) is 0 Å². The largest absolute Gasteiger partial charge is 0.353 e. The summed E-state index contributed by atoms with van der Waals surface area (Å²) in [5, 5.41) is 3.52. The van der Waals surface area contributed by atoms with Crippen LogP contribution in [0.4, 0.5) is 5.82 Å². The van der Waals surface area contributed by atoms with Gasteiger partial charge in [0.05, 0.1) is 0 Å². The molecule has 0 radical (unpaired) electrons. The lowest BCUT2D eigenvalue weighted by atomic mass is 10.1. The molecule has 0 amide bonds.